The van der Waals surface area contributed by atoms with E-state index in [4.69, 9.17) is 4.74 Å². The van der Waals surface area contributed by atoms with Gasteiger partial charge in [0.2, 0.25) is 5.91 Å². The highest BCUT2D eigenvalue weighted by molar-refractivity contribution is 5.96. The molecule has 2 amide bonds. The number of ether oxygens (including phenoxy) is 1. The number of amides is 2. The molecule has 0 bridgehead atoms. The van der Waals surface area contributed by atoms with Crippen LogP contribution in [-0.4, -0.2) is 30.9 Å². The molecule has 0 aromatic heterocycles. The molecule has 0 unspecified atom stereocenters. The van der Waals surface area contributed by atoms with Crippen molar-refractivity contribution < 1.29 is 23.5 Å². The molecule has 2 aromatic carbocycles. The fraction of sp³-hybridized carbons (Fsp3) is 0.286. The normalized spacial score (nSPS) is 10.3. The summed E-state index contributed by atoms with van der Waals surface area (Å²) in [5.74, 6) is -2.24. The van der Waals surface area contributed by atoms with Crippen LogP contribution in [0.2, 0.25) is 0 Å². The summed E-state index contributed by atoms with van der Waals surface area (Å²) in [6.45, 7) is 4.96. The molecule has 28 heavy (non-hydrogen) atoms. The number of aryl methyl sites for hydroxylation is 3. The lowest BCUT2D eigenvalue weighted by Crippen LogP contribution is -2.36. The van der Waals surface area contributed by atoms with Gasteiger partial charge in [-0.3, -0.25) is 14.4 Å². The fourth-order valence-corrected chi connectivity index (χ4v) is 2.79. The molecule has 2 rings (SSSR count). The highest BCUT2D eigenvalue weighted by atomic mass is 19.1. The van der Waals surface area contributed by atoms with Crippen LogP contribution in [-0.2, 0) is 25.5 Å². The quantitative estimate of drug-likeness (QED) is 0.717. The van der Waals surface area contributed by atoms with Gasteiger partial charge in [-0.25, -0.2) is 4.39 Å². The predicted octanol–water partition coefficient (Wildman–Crippen LogP) is 2.59. The van der Waals surface area contributed by atoms with Gasteiger partial charge >= 0.3 is 5.97 Å². The Labute approximate surface area is 163 Å². The second-order valence-corrected chi connectivity index (χ2v) is 6.53. The number of anilines is 1. The summed E-state index contributed by atoms with van der Waals surface area (Å²) in [4.78, 5) is 35.5. The van der Waals surface area contributed by atoms with Crippen molar-refractivity contribution in [1.82, 2.24) is 5.32 Å². The number of carbonyl (C=O) groups is 3. The molecule has 6 nitrogen and oxygen atoms in total. The summed E-state index contributed by atoms with van der Waals surface area (Å²) in [7, 11) is 0. The molecule has 0 aliphatic heterocycles. The zero-order chi connectivity index (χ0) is 20.7. The first-order chi connectivity index (χ1) is 13.3. The molecule has 0 saturated heterocycles. The minimum atomic E-state index is -0.726. The van der Waals surface area contributed by atoms with Gasteiger partial charge in [0.25, 0.3) is 5.91 Å². The maximum Gasteiger partial charge on any atom is 0.310 e. The first-order valence-corrected chi connectivity index (χ1v) is 8.79. The number of carbonyl (C=O) groups excluding carboxylic acids is 3. The second kappa shape index (κ2) is 9.64. The first kappa shape index (κ1) is 21.1. The number of nitrogens with one attached hydrogen (secondary N) is 2. The molecule has 0 saturated carbocycles. The van der Waals surface area contributed by atoms with Crippen molar-refractivity contribution in [2.45, 2.75) is 27.2 Å². The molecule has 0 aliphatic rings. The third-order valence-corrected chi connectivity index (χ3v) is 4.04. The Hall–Kier alpha value is -3.22. The Morgan fingerprint density at radius 3 is 2.29 bits per heavy atom. The highest BCUT2D eigenvalue weighted by Crippen LogP contribution is 2.21. The number of halogens is 1. The Morgan fingerprint density at radius 2 is 1.64 bits per heavy atom. The molecule has 0 fully saturated rings. The van der Waals surface area contributed by atoms with E-state index in [0.29, 0.717) is 5.69 Å². The number of rotatable bonds is 7. The van der Waals surface area contributed by atoms with Gasteiger partial charge in [-0.1, -0.05) is 35.9 Å². The van der Waals surface area contributed by atoms with Crippen LogP contribution in [0.4, 0.5) is 10.1 Å². The molecule has 148 valence electrons. The largest absolute Gasteiger partial charge is 0.455 e. The van der Waals surface area contributed by atoms with Gasteiger partial charge in [0.05, 0.1) is 13.0 Å². The summed E-state index contributed by atoms with van der Waals surface area (Å²) in [5.41, 5.74) is 3.86. The minimum Gasteiger partial charge on any atom is -0.455 e. The van der Waals surface area contributed by atoms with Crippen molar-refractivity contribution >= 4 is 23.5 Å². The van der Waals surface area contributed by atoms with Crippen LogP contribution in [0, 0.1) is 26.6 Å². The third kappa shape index (κ3) is 6.19. The van der Waals surface area contributed by atoms with Crippen molar-refractivity contribution in [3.05, 3.63) is 64.5 Å². The number of benzene rings is 2. The summed E-state index contributed by atoms with van der Waals surface area (Å²) in [6.07, 6.45) is -0.271. The van der Waals surface area contributed by atoms with E-state index in [1.54, 1.807) is 6.07 Å². The van der Waals surface area contributed by atoms with Gasteiger partial charge in [-0.05, 0) is 43.5 Å². The zero-order valence-corrected chi connectivity index (χ0v) is 16.1. The highest BCUT2D eigenvalue weighted by Gasteiger charge is 2.13. The van der Waals surface area contributed by atoms with E-state index >= 15 is 0 Å². The van der Waals surface area contributed by atoms with Crippen LogP contribution in [0.15, 0.2) is 36.4 Å². The molecule has 7 heteroatoms. The van der Waals surface area contributed by atoms with E-state index in [1.807, 2.05) is 32.9 Å². The molecule has 0 radical (unpaired) electrons. The predicted molar refractivity (Wildman–Crippen MR) is 103 cm³/mol. The monoisotopic (exact) mass is 386 g/mol. The average molecular weight is 386 g/mol. The Bertz CT molecular complexity index is 873. The van der Waals surface area contributed by atoms with Crippen LogP contribution < -0.4 is 10.6 Å². The van der Waals surface area contributed by atoms with Crippen molar-refractivity contribution in [2.75, 3.05) is 18.5 Å². The molecule has 2 N–H and O–H groups in total. The van der Waals surface area contributed by atoms with E-state index in [2.05, 4.69) is 10.6 Å². The van der Waals surface area contributed by atoms with E-state index in [9.17, 15) is 18.8 Å². The van der Waals surface area contributed by atoms with Crippen LogP contribution in [0.5, 0.6) is 0 Å². The molecule has 0 atom stereocenters. The lowest BCUT2D eigenvalue weighted by atomic mass is 10.1. The van der Waals surface area contributed by atoms with E-state index in [-0.39, 0.29) is 24.4 Å². The van der Waals surface area contributed by atoms with E-state index in [1.165, 1.54) is 18.2 Å². The van der Waals surface area contributed by atoms with Gasteiger partial charge < -0.3 is 15.4 Å². The van der Waals surface area contributed by atoms with Crippen molar-refractivity contribution in [2.24, 2.45) is 0 Å². The summed E-state index contributed by atoms with van der Waals surface area (Å²) in [5, 5.41) is 5.14. The van der Waals surface area contributed by atoms with Gasteiger partial charge in [-0.15, -0.1) is 0 Å². The van der Waals surface area contributed by atoms with Crippen LogP contribution in [0.3, 0.4) is 0 Å². The molecular weight excluding hydrogens is 363 g/mol. The Kier molecular flexibility index (Phi) is 7.26. The number of esters is 1. The van der Waals surface area contributed by atoms with Gasteiger partial charge in [-0.2, -0.15) is 0 Å². The van der Waals surface area contributed by atoms with Crippen molar-refractivity contribution in [3.63, 3.8) is 0 Å². The van der Waals surface area contributed by atoms with Crippen molar-refractivity contribution in [1.29, 1.82) is 0 Å². The fourth-order valence-electron chi connectivity index (χ4n) is 2.79. The maximum absolute atomic E-state index is 13.5. The molecule has 0 heterocycles. The van der Waals surface area contributed by atoms with Crippen LogP contribution in [0.1, 0.15) is 22.3 Å². The van der Waals surface area contributed by atoms with Crippen LogP contribution >= 0.6 is 0 Å². The SMILES string of the molecule is Cc1cc(C)c(NC(=O)CNC(=O)COC(=O)Cc2ccccc2F)c(C)c1. The smallest absolute Gasteiger partial charge is 0.310 e. The molecule has 0 aliphatic carbocycles. The summed E-state index contributed by atoms with van der Waals surface area (Å²) >= 11 is 0. The molecular formula is C21H23FN2O4. The maximum atomic E-state index is 13.5. The Morgan fingerprint density at radius 1 is 1.00 bits per heavy atom. The third-order valence-electron chi connectivity index (χ3n) is 4.04. The lowest BCUT2D eigenvalue weighted by molar-refractivity contribution is -0.147. The Balaban J connectivity index is 1.75. The zero-order valence-electron chi connectivity index (χ0n) is 16.1. The average Bonchev–Trinajstić information content (AvgIpc) is 2.63. The van der Waals surface area contributed by atoms with E-state index < -0.39 is 24.3 Å². The lowest BCUT2D eigenvalue weighted by Gasteiger charge is -2.13. The second-order valence-electron chi connectivity index (χ2n) is 6.53. The minimum absolute atomic E-state index is 0.191. The summed E-state index contributed by atoms with van der Waals surface area (Å²) < 4.78 is 18.3. The van der Waals surface area contributed by atoms with Gasteiger partial charge in [0.1, 0.15) is 5.82 Å². The van der Waals surface area contributed by atoms with Gasteiger partial charge in [0.15, 0.2) is 6.61 Å². The van der Waals surface area contributed by atoms with Crippen LogP contribution in [0.25, 0.3) is 0 Å². The topological polar surface area (TPSA) is 84.5 Å². The molecule has 2 aromatic rings. The van der Waals surface area contributed by atoms with E-state index in [0.717, 1.165) is 16.7 Å². The summed E-state index contributed by atoms with van der Waals surface area (Å²) in [6, 6.07) is 9.74. The standard InChI is InChI=1S/C21H23FN2O4/c1-13-8-14(2)21(15(3)9-13)24-18(25)11-23-19(26)12-28-20(27)10-16-6-4-5-7-17(16)22/h4-9H,10-12H2,1-3H3,(H,23,26)(H,24,25). The first-order valence-electron chi connectivity index (χ1n) is 8.79. The number of hydrogen-bond donors (Lipinski definition) is 2. The van der Waals surface area contributed by atoms with Gasteiger partial charge in [0, 0.05) is 5.69 Å². The van der Waals surface area contributed by atoms with Crippen molar-refractivity contribution in [3.8, 4) is 0 Å². The number of hydrogen-bond acceptors (Lipinski definition) is 4. The molecule has 0 spiro atoms.